The molecule has 0 unspecified atom stereocenters. The number of aliphatic carboxylic acids is 1. The van der Waals surface area contributed by atoms with Crippen molar-refractivity contribution in [2.45, 2.75) is 45.3 Å². The molecule has 0 aliphatic heterocycles. The summed E-state index contributed by atoms with van der Waals surface area (Å²) < 4.78 is 8.71. The second-order valence-corrected chi connectivity index (χ2v) is 7.84. The maximum Gasteiger partial charge on any atom is 0.313 e. The highest BCUT2D eigenvalue weighted by molar-refractivity contribution is 9.10. The fourth-order valence-corrected chi connectivity index (χ4v) is 3.90. The average Bonchev–Trinajstić information content (AvgIpc) is 3.00. The standard InChI is InChI=1S/C17H21BrClN3O3S/c1-4-22-13(20-21-17(22)26-9-14(23)24)6-5-7-25-12-8-10(2)16(19)11(3)15(12)18/h8H,4-7,9H2,1-3H3,(H,23,24). The molecule has 2 rings (SSSR count). The van der Waals surface area contributed by atoms with Gasteiger partial charge in [-0.2, -0.15) is 0 Å². The van der Waals surface area contributed by atoms with Crippen molar-refractivity contribution in [3.63, 3.8) is 0 Å². The van der Waals surface area contributed by atoms with Crippen molar-refractivity contribution in [2.24, 2.45) is 0 Å². The highest BCUT2D eigenvalue weighted by atomic mass is 79.9. The van der Waals surface area contributed by atoms with Crippen LogP contribution in [0.3, 0.4) is 0 Å². The van der Waals surface area contributed by atoms with Crippen LogP contribution in [0.4, 0.5) is 0 Å². The molecule has 0 saturated heterocycles. The predicted octanol–water partition coefficient (Wildman–Crippen LogP) is 4.52. The zero-order valence-electron chi connectivity index (χ0n) is 14.9. The second-order valence-electron chi connectivity index (χ2n) is 5.72. The molecule has 1 aromatic heterocycles. The third kappa shape index (κ3) is 5.14. The van der Waals surface area contributed by atoms with Crippen molar-refractivity contribution in [3.05, 3.63) is 32.5 Å². The Labute approximate surface area is 170 Å². The van der Waals surface area contributed by atoms with E-state index in [4.69, 9.17) is 21.4 Å². The van der Waals surface area contributed by atoms with Crippen LogP contribution in [0.15, 0.2) is 15.7 Å². The third-order valence-electron chi connectivity index (χ3n) is 3.81. The van der Waals surface area contributed by atoms with E-state index in [0.29, 0.717) is 24.7 Å². The number of hydrogen-bond donors (Lipinski definition) is 1. The smallest absolute Gasteiger partial charge is 0.313 e. The van der Waals surface area contributed by atoms with Gasteiger partial charge in [0.25, 0.3) is 0 Å². The molecule has 1 N–H and O–H groups in total. The van der Waals surface area contributed by atoms with Crippen molar-refractivity contribution in [1.29, 1.82) is 0 Å². The summed E-state index contributed by atoms with van der Waals surface area (Å²) in [5, 5.41) is 18.5. The Morgan fingerprint density at radius 3 is 2.81 bits per heavy atom. The van der Waals surface area contributed by atoms with Gasteiger partial charge in [0.1, 0.15) is 11.6 Å². The average molecular weight is 463 g/mol. The van der Waals surface area contributed by atoms with Crippen molar-refractivity contribution in [2.75, 3.05) is 12.4 Å². The van der Waals surface area contributed by atoms with E-state index in [9.17, 15) is 4.79 Å². The highest BCUT2D eigenvalue weighted by Crippen LogP contribution is 2.35. The second kappa shape index (κ2) is 9.62. The van der Waals surface area contributed by atoms with Crippen molar-refractivity contribution >= 4 is 45.3 Å². The summed E-state index contributed by atoms with van der Waals surface area (Å²) in [4.78, 5) is 10.7. The number of nitrogens with zero attached hydrogens (tertiary/aromatic N) is 3. The van der Waals surface area contributed by atoms with E-state index < -0.39 is 5.97 Å². The largest absolute Gasteiger partial charge is 0.492 e. The quantitative estimate of drug-likeness (QED) is 0.436. The van der Waals surface area contributed by atoms with E-state index in [-0.39, 0.29) is 5.75 Å². The topological polar surface area (TPSA) is 77.2 Å². The lowest BCUT2D eigenvalue weighted by Gasteiger charge is -2.13. The van der Waals surface area contributed by atoms with Crippen LogP contribution < -0.4 is 4.74 Å². The van der Waals surface area contributed by atoms with Crippen LogP contribution in [0.1, 0.15) is 30.3 Å². The van der Waals surface area contributed by atoms with Gasteiger partial charge in [-0.25, -0.2) is 0 Å². The molecule has 0 spiro atoms. The van der Waals surface area contributed by atoms with Crippen LogP contribution in [-0.2, 0) is 17.8 Å². The summed E-state index contributed by atoms with van der Waals surface area (Å²) in [5.74, 6) is 0.727. The molecular formula is C17H21BrClN3O3S. The van der Waals surface area contributed by atoms with E-state index in [1.165, 1.54) is 11.8 Å². The van der Waals surface area contributed by atoms with E-state index in [1.54, 1.807) is 0 Å². The summed E-state index contributed by atoms with van der Waals surface area (Å²) in [7, 11) is 0. The Morgan fingerprint density at radius 1 is 1.42 bits per heavy atom. The van der Waals surface area contributed by atoms with Crippen LogP contribution in [0.2, 0.25) is 5.02 Å². The van der Waals surface area contributed by atoms with Gasteiger partial charge >= 0.3 is 5.97 Å². The molecule has 1 aromatic carbocycles. The Hall–Kier alpha value is -1.25. The number of aryl methyl sites for hydroxylation is 2. The molecule has 0 radical (unpaired) electrons. The molecule has 0 saturated carbocycles. The zero-order chi connectivity index (χ0) is 19.3. The lowest BCUT2D eigenvalue weighted by atomic mass is 10.1. The lowest BCUT2D eigenvalue weighted by Crippen LogP contribution is -2.07. The Bertz CT molecular complexity index is 798. The molecule has 0 amide bonds. The van der Waals surface area contributed by atoms with Crippen LogP contribution in [-0.4, -0.2) is 38.2 Å². The van der Waals surface area contributed by atoms with E-state index in [2.05, 4.69) is 26.1 Å². The van der Waals surface area contributed by atoms with Crippen molar-refractivity contribution in [3.8, 4) is 5.75 Å². The van der Waals surface area contributed by atoms with Crippen LogP contribution in [0.5, 0.6) is 5.75 Å². The summed E-state index contributed by atoms with van der Waals surface area (Å²) in [5.41, 5.74) is 1.95. The molecule has 6 nitrogen and oxygen atoms in total. The lowest BCUT2D eigenvalue weighted by molar-refractivity contribution is -0.133. The molecular weight excluding hydrogens is 442 g/mol. The minimum Gasteiger partial charge on any atom is -0.492 e. The first-order valence-corrected chi connectivity index (χ1v) is 10.4. The van der Waals surface area contributed by atoms with Gasteiger partial charge in [0.2, 0.25) is 0 Å². The Morgan fingerprint density at radius 2 is 2.15 bits per heavy atom. The number of carboxylic acid groups (broad SMARTS) is 1. The number of aromatic nitrogens is 3. The van der Waals surface area contributed by atoms with Gasteiger partial charge in [-0.05, 0) is 60.3 Å². The number of halogens is 2. The van der Waals surface area contributed by atoms with Crippen LogP contribution in [0.25, 0.3) is 0 Å². The summed E-state index contributed by atoms with van der Waals surface area (Å²) in [6, 6.07) is 1.93. The van der Waals surface area contributed by atoms with E-state index >= 15 is 0 Å². The van der Waals surface area contributed by atoms with Crippen LogP contribution >= 0.6 is 39.3 Å². The van der Waals surface area contributed by atoms with Gasteiger partial charge in [0.15, 0.2) is 5.16 Å². The number of hydrogen-bond acceptors (Lipinski definition) is 5. The maximum atomic E-state index is 10.7. The number of rotatable bonds is 9. The van der Waals surface area contributed by atoms with Crippen molar-refractivity contribution < 1.29 is 14.6 Å². The molecule has 9 heteroatoms. The Balaban J connectivity index is 1.93. The number of carbonyl (C=O) groups is 1. The zero-order valence-corrected chi connectivity index (χ0v) is 18.0. The number of ether oxygens (including phenoxy) is 1. The number of thioether (sulfide) groups is 1. The first-order chi connectivity index (χ1) is 12.3. The molecule has 0 aliphatic rings. The van der Waals surface area contributed by atoms with Gasteiger partial charge in [0, 0.05) is 18.0 Å². The first-order valence-electron chi connectivity index (χ1n) is 8.19. The minimum atomic E-state index is -0.866. The van der Waals surface area contributed by atoms with E-state index in [1.807, 2.05) is 31.4 Å². The molecule has 1 heterocycles. The summed E-state index contributed by atoms with van der Waals surface area (Å²) in [6.45, 7) is 7.13. The Kier molecular flexibility index (Phi) is 7.79. The fraction of sp³-hybridized carbons (Fsp3) is 0.471. The monoisotopic (exact) mass is 461 g/mol. The number of carboxylic acids is 1. The molecule has 142 valence electrons. The van der Waals surface area contributed by atoms with Crippen molar-refractivity contribution in [1.82, 2.24) is 14.8 Å². The minimum absolute atomic E-state index is 0.0233. The van der Waals surface area contributed by atoms with Gasteiger partial charge in [-0.15, -0.1) is 10.2 Å². The van der Waals surface area contributed by atoms with Gasteiger partial charge in [-0.1, -0.05) is 23.4 Å². The van der Waals surface area contributed by atoms with Crippen LogP contribution in [0, 0.1) is 13.8 Å². The normalized spacial score (nSPS) is 11.0. The van der Waals surface area contributed by atoms with Gasteiger partial charge in [-0.3, -0.25) is 4.79 Å². The summed E-state index contributed by atoms with van der Waals surface area (Å²) in [6.07, 6.45) is 1.48. The molecule has 0 aliphatic carbocycles. The molecule has 0 atom stereocenters. The number of benzene rings is 1. The van der Waals surface area contributed by atoms with Gasteiger partial charge in [0.05, 0.1) is 16.8 Å². The summed E-state index contributed by atoms with van der Waals surface area (Å²) >= 11 is 10.9. The first kappa shape index (κ1) is 21.1. The molecule has 0 bridgehead atoms. The predicted molar refractivity (Wildman–Crippen MR) is 106 cm³/mol. The third-order valence-corrected chi connectivity index (χ3v) is 6.32. The molecule has 2 aromatic rings. The van der Waals surface area contributed by atoms with Gasteiger partial charge < -0.3 is 14.4 Å². The maximum absolute atomic E-state index is 10.7. The molecule has 0 fully saturated rings. The molecule has 26 heavy (non-hydrogen) atoms. The highest BCUT2D eigenvalue weighted by Gasteiger charge is 2.14. The van der Waals surface area contributed by atoms with E-state index in [0.717, 1.165) is 38.6 Å². The SMILES string of the molecule is CCn1c(CCCOc2cc(C)c(Cl)c(C)c2Br)nnc1SCC(=O)O. The fourth-order valence-electron chi connectivity index (χ4n) is 2.47.